The van der Waals surface area contributed by atoms with Crippen molar-refractivity contribution in [2.24, 2.45) is 9.98 Å². The third-order valence-electron chi connectivity index (χ3n) is 5.90. The fraction of sp³-hybridized carbons (Fsp3) is 0.400. The number of rotatable bonds is 5. The number of benzene rings is 2. The Labute approximate surface area is 193 Å². The zero-order valence-corrected chi connectivity index (χ0v) is 19.6. The van der Waals surface area contributed by atoms with Crippen molar-refractivity contribution in [3.05, 3.63) is 65.0 Å². The van der Waals surface area contributed by atoms with Gasteiger partial charge in [-0.25, -0.2) is 9.38 Å². The minimum atomic E-state index is -0.470. The maximum atomic E-state index is 13.5. The van der Waals surface area contributed by atoms with Gasteiger partial charge in [-0.2, -0.15) is 0 Å². The third-order valence-corrected chi connectivity index (χ3v) is 6.86. The van der Waals surface area contributed by atoms with Gasteiger partial charge in [0.05, 0.1) is 11.5 Å². The minimum Gasteiger partial charge on any atom is -0.325 e. The molecule has 2 aromatic carbocycles. The van der Waals surface area contributed by atoms with Gasteiger partial charge in [-0.1, -0.05) is 24.8 Å². The number of hydrogen-bond acceptors (Lipinski definition) is 5. The van der Waals surface area contributed by atoms with Crippen molar-refractivity contribution in [1.82, 2.24) is 4.90 Å². The van der Waals surface area contributed by atoms with Crippen LogP contribution in [0.1, 0.15) is 36.5 Å². The average molecular weight is 453 g/mol. The van der Waals surface area contributed by atoms with Gasteiger partial charge in [-0.3, -0.25) is 9.79 Å². The lowest BCUT2D eigenvalue weighted by Gasteiger charge is -2.34. The summed E-state index contributed by atoms with van der Waals surface area (Å²) in [6, 6.07) is 12.4. The third kappa shape index (κ3) is 5.27. The van der Waals surface area contributed by atoms with Crippen molar-refractivity contribution in [2.45, 2.75) is 39.3 Å². The molecule has 1 saturated heterocycles. The van der Waals surface area contributed by atoms with Gasteiger partial charge < -0.3 is 10.2 Å². The van der Waals surface area contributed by atoms with E-state index in [1.165, 1.54) is 23.9 Å². The lowest BCUT2D eigenvalue weighted by Crippen LogP contribution is -2.41. The Hall–Kier alpha value is -2.51. The molecule has 1 spiro atoms. The summed E-state index contributed by atoms with van der Waals surface area (Å²) in [5.74, 6) is -0.122. The molecule has 1 fully saturated rings. The average Bonchev–Trinajstić information content (AvgIpc) is 3.11. The number of halogens is 1. The normalized spacial score (nSPS) is 17.9. The Balaban J connectivity index is 1.50. The van der Waals surface area contributed by atoms with E-state index < -0.39 is 5.66 Å². The highest BCUT2D eigenvalue weighted by atomic mass is 32.2. The SMILES string of the molecule is CCN1CCC2(CC1)N=C(SCC(=O)Nc1cc(C)cc(C)c1)C(c1ccc(F)cc1)=N2. The lowest BCUT2D eigenvalue weighted by molar-refractivity contribution is -0.113. The molecule has 0 unspecified atom stereocenters. The minimum absolute atomic E-state index is 0.0806. The van der Waals surface area contributed by atoms with Crippen LogP contribution in [0.2, 0.25) is 0 Å². The summed E-state index contributed by atoms with van der Waals surface area (Å²) < 4.78 is 13.5. The quantitative estimate of drug-likeness (QED) is 0.707. The number of carbonyl (C=O) groups excluding carboxylic acids is 1. The first-order valence-corrected chi connectivity index (χ1v) is 12.0. The van der Waals surface area contributed by atoms with Crippen LogP contribution in [0.3, 0.4) is 0 Å². The molecule has 168 valence electrons. The maximum Gasteiger partial charge on any atom is 0.234 e. The highest BCUT2D eigenvalue weighted by molar-refractivity contribution is 8.16. The Bertz CT molecular complexity index is 1040. The molecule has 0 saturated carbocycles. The zero-order chi connectivity index (χ0) is 22.7. The molecule has 2 aliphatic rings. The highest BCUT2D eigenvalue weighted by Crippen LogP contribution is 2.35. The van der Waals surface area contributed by atoms with Crippen LogP contribution in [-0.4, -0.2) is 52.6 Å². The number of likely N-dealkylation sites (tertiary alicyclic amines) is 1. The van der Waals surface area contributed by atoms with Crippen molar-refractivity contribution < 1.29 is 9.18 Å². The number of hydrogen-bond donors (Lipinski definition) is 1. The predicted octanol–water partition coefficient (Wildman–Crippen LogP) is 4.83. The van der Waals surface area contributed by atoms with Gasteiger partial charge in [0.15, 0.2) is 5.66 Å². The molecule has 2 heterocycles. The van der Waals surface area contributed by atoms with E-state index in [2.05, 4.69) is 23.2 Å². The predicted molar refractivity (Wildman–Crippen MR) is 131 cm³/mol. The van der Waals surface area contributed by atoms with Gasteiger partial charge in [0, 0.05) is 37.2 Å². The molecule has 2 aromatic rings. The largest absolute Gasteiger partial charge is 0.325 e. The standard InChI is InChI=1S/C25H29FN4OS/c1-4-30-11-9-25(10-12-30)28-23(19-5-7-20(26)8-6-19)24(29-25)32-16-22(31)27-21-14-17(2)13-18(3)15-21/h5-8,13-15H,4,9-12,16H2,1-3H3,(H,27,31). The number of aryl methyl sites for hydroxylation is 2. The number of piperidine rings is 1. The van der Waals surface area contributed by atoms with Gasteiger partial charge in [0.25, 0.3) is 0 Å². The fourth-order valence-corrected chi connectivity index (χ4v) is 5.12. The van der Waals surface area contributed by atoms with E-state index in [1.807, 2.05) is 26.0 Å². The van der Waals surface area contributed by atoms with Crippen LogP contribution in [0.15, 0.2) is 52.4 Å². The van der Waals surface area contributed by atoms with Gasteiger partial charge in [0.2, 0.25) is 5.91 Å². The Morgan fingerprint density at radius 1 is 1.09 bits per heavy atom. The maximum absolute atomic E-state index is 13.5. The van der Waals surface area contributed by atoms with E-state index in [4.69, 9.17) is 9.98 Å². The fourth-order valence-electron chi connectivity index (χ4n) is 4.25. The molecule has 0 aromatic heterocycles. The Morgan fingerprint density at radius 3 is 2.38 bits per heavy atom. The molecule has 7 heteroatoms. The summed E-state index contributed by atoms with van der Waals surface area (Å²) in [5.41, 5.74) is 4.15. The summed E-state index contributed by atoms with van der Waals surface area (Å²) in [5, 5.41) is 3.74. The first kappa shape index (κ1) is 22.7. The summed E-state index contributed by atoms with van der Waals surface area (Å²) >= 11 is 1.40. The van der Waals surface area contributed by atoms with Crippen LogP contribution >= 0.6 is 11.8 Å². The van der Waals surface area contributed by atoms with E-state index in [0.29, 0.717) is 0 Å². The number of nitrogens with one attached hydrogen (secondary N) is 1. The van der Waals surface area contributed by atoms with Crippen molar-refractivity contribution in [3.8, 4) is 0 Å². The van der Waals surface area contributed by atoms with E-state index in [0.717, 1.165) is 65.6 Å². The number of nitrogens with zero attached hydrogens (tertiary/aromatic N) is 3. The van der Waals surface area contributed by atoms with Gasteiger partial charge >= 0.3 is 0 Å². The summed E-state index contributed by atoms with van der Waals surface area (Å²) in [4.78, 5) is 25.1. The van der Waals surface area contributed by atoms with Crippen LogP contribution in [0.4, 0.5) is 10.1 Å². The molecule has 5 nitrogen and oxygen atoms in total. The molecule has 0 atom stereocenters. The molecule has 1 amide bonds. The van der Waals surface area contributed by atoms with E-state index >= 15 is 0 Å². The number of thioether (sulfide) groups is 1. The highest BCUT2D eigenvalue weighted by Gasteiger charge is 2.39. The van der Waals surface area contributed by atoms with Crippen molar-refractivity contribution in [3.63, 3.8) is 0 Å². The number of carbonyl (C=O) groups is 1. The Kier molecular flexibility index (Phi) is 6.76. The molecule has 4 rings (SSSR count). The molecule has 0 radical (unpaired) electrons. The lowest BCUT2D eigenvalue weighted by atomic mass is 9.98. The van der Waals surface area contributed by atoms with Gasteiger partial charge in [-0.15, -0.1) is 0 Å². The molecule has 2 aliphatic heterocycles. The van der Waals surface area contributed by atoms with Gasteiger partial charge in [0.1, 0.15) is 10.9 Å². The molecule has 0 bridgehead atoms. The first-order valence-electron chi connectivity index (χ1n) is 11.1. The number of aliphatic imine (C=N–C) groups is 2. The van der Waals surface area contributed by atoms with E-state index in [9.17, 15) is 9.18 Å². The topological polar surface area (TPSA) is 57.1 Å². The molecule has 1 N–H and O–H groups in total. The first-order chi connectivity index (χ1) is 15.4. The second kappa shape index (κ2) is 9.55. The van der Waals surface area contributed by atoms with Crippen LogP contribution in [0.5, 0.6) is 0 Å². The van der Waals surface area contributed by atoms with Crippen molar-refractivity contribution in [1.29, 1.82) is 0 Å². The number of anilines is 1. The smallest absolute Gasteiger partial charge is 0.234 e. The molecule has 32 heavy (non-hydrogen) atoms. The zero-order valence-electron chi connectivity index (χ0n) is 18.8. The van der Waals surface area contributed by atoms with Crippen molar-refractivity contribution >= 4 is 34.1 Å². The summed E-state index contributed by atoms with van der Waals surface area (Å²) in [6.45, 7) is 9.11. The van der Waals surface area contributed by atoms with E-state index in [1.54, 1.807) is 12.1 Å². The summed E-state index contributed by atoms with van der Waals surface area (Å²) in [6.07, 6.45) is 1.70. The van der Waals surface area contributed by atoms with E-state index in [-0.39, 0.29) is 17.5 Å². The summed E-state index contributed by atoms with van der Waals surface area (Å²) in [7, 11) is 0. The molecular weight excluding hydrogens is 423 g/mol. The Morgan fingerprint density at radius 2 is 1.75 bits per heavy atom. The second-order valence-electron chi connectivity index (χ2n) is 8.51. The second-order valence-corrected chi connectivity index (χ2v) is 9.48. The monoisotopic (exact) mass is 452 g/mol. The van der Waals surface area contributed by atoms with Crippen LogP contribution in [-0.2, 0) is 4.79 Å². The van der Waals surface area contributed by atoms with Crippen LogP contribution < -0.4 is 5.32 Å². The van der Waals surface area contributed by atoms with Crippen LogP contribution in [0, 0.1) is 19.7 Å². The molecule has 0 aliphatic carbocycles. The van der Waals surface area contributed by atoms with Crippen molar-refractivity contribution in [2.75, 3.05) is 30.7 Å². The van der Waals surface area contributed by atoms with Crippen LogP contribution in [0.25, 0.3) is 0 Å². The molecular formula is C25H29FN4OS. The number of amides is 1. The van der Waals surface area contributed by atoms with Gasteiger partial charge in [-0.05, 0) is 67.9 Å².